The Morgan fingerprint density at radius 3 is 2.58 bits per heavy atom. The first-order valence-corrected chi connectivity index (χ1v) is 7.58. The molecular formula is C16H25ClN2. The highest BCUT2D eigenvalue weighted by Crippen LogP contribution is 2.33. The first kappa shape index (κ1) is 14.5. The van der Waals surface area contributed by atoms with Crippen LogP contribution in [0.4, 0.5) is 11.4 Å². The number of benzene rings is 1. The van der Waals surface area contributed by atoms with Crippen molar-refractivity contribution >= 4 is 23.0 Å². The second-order valence-electron chi connectivity index (χ2n) is 6.21. The fraction of sp³-hybridized carbons (Fsp3) is 0.625. The molecule has 3 heteroatoms. The Kier molecular flexibility index (Phi) is 4.62. The van der Waals surface area contributed by atoms with Gasteiger partial charge in [-0.15, -0.1) is 0 Å². The van der Waals surface area contributed by atoms with E-state index >= 15 is 0 Å². The van der Waals surface area contributed by atoms with Crippen molar-refractivity contribution in [3.63, 3.8) is 0 Å². The van der Waals surface area contributed by atoms with E-state index in [1.807, 2.05) is 25.1 Å². The lowest BCUT2D eigenvalue weighted by molar-refractivity contribution is 0.281. The standard InChI is InChI=1S/C16H25ClN2/c1-11-5-6-12(2)15(9-11)18-13-7-8-16(19(3)4)14(17)10-13/h7-8,10-12,15,18H,5-6,9H2,1-4H3. The van der Waals surface area contributed by atoms with Crippen molar-refractivity contribution in [3.8, 4) is 0 Å². The minimum absolute atomic E-state index is 0.574. The maximum Gasteiger partial charge on any atom is 0.0659 e. The van der Waals surface area contributed by atoms with Crippen LogP contribution in [-0.4, -0.2) is 20.1 Å². The van der Waals surface area contributed by atoms with E-state index in [1.54, 1.807) is 0 Å². The van der Waals surface area contributed by atoms with E-state index in [0.29, 0.717) is 6.04 Å². The van der Waals surface area contributed by atoms with Crippen LogP contribution in [0.25, 0.3) is 0 Å². The van der Waals surface area contributed by atoms with Gasteiger partial charge in [0.05, 0.1) is 10.7 Å². The SMILES string of the molecule is CC1CCC(C)C(Nc2ccc(N(C)C)c(Cl)c2)C1. The summed E-state index contributed by atoms with van der Waals surface area (Å²) >= 11 is 6.33. The first-order chi connectivity index (χ1) is 8.97. The average Bonchev–Trinajstić information content (AvgIpc) is 2.33. The lowest BCUT2D eigenvalue weighted by Crippen LogP contribution is -2.33. The van der Waals surface area contributed by atoms with E-state index in [4.69, 9.17) is 11.6 Å². The summed E-state index contributed by atoms with van der Waals surface area (Å²) in [7, 11) is 4.03. The predicted octanol–water partition coefficient (Wildman–Crippen LogP) is 4.64. The molecule has 0 spiro atoms. The lowest BCUT2D eigenvalue weighted by Gasteiger charge is -2.34. The molecule has 1 aromatic rings. The van der Waals surface area contributed by atoms with Gasteiger partial charge in [-0.25, -0.2) is 0 Å². The molecule has 2 rings (SSSR count). The zero-order valence-electron chi connectivity index (χ0n) is 12.4. The van der Waals surface area contributed by atoms with Crippen LogP contribution >= 0.6 is 11.6 Å². The van der Waals surface area contributed by atoms with E-state index < -0.39 is 0 Å². The molecule has 1 aromatic carbocycles. The van der Waals surface area contributed by atoms with Crippen molar-refractivity contribution in [1.82, 2.24) is 0 Å². The normalized spacial score (nSPS) is 27.1. The topological polar surface area (TPSA) is 15.3 Å². The van der Waals surface area contributed by atoms with Crippen LogP contribution in [0.2, 0.25) is 5.02 Å². The molecule has 0 bridgehead atoms. The summed E-state index contributed by atoms with van der Waals surface area (Å²) in [5.41, 5.74) is 2.21. The van der Waals surface area contributed by atoms with Crippen molar-refractivity contribution in [3.05, 3.63) is 23.2 Å². The molecule has 0 heterocycles. The molecule has 1 aliphatic rings. The maximum absolute atomic E-state index is 6.33. The summed E-state index contributed by atoms with van der Waals surface area (Å²) in [6.07, 6.45) is 3.94. The molecule has 0 aromatic heterocycles. The smallest absolute Gasteiger partial charge is 0.0659 e. The zero-order valence-corrected chi connectivity index (χ0v) is 13.2. The Hall–Kier alpha value is -0.890. The molecule has 1 saturated carbocycles. The Morgan fingerprint density at radius 2 is 1.95 bits per heavy atom. The number of hydrogen-bond acceptors (Lipinski definition) is 2. The van der Waals surface area contributed by atoms with Crippen molar-refractivity contribution in [1.29, 1.82) is 0 Å². The average molecular weight is 281 g/mol. The molecule has 3 atom stereocenters. The van der Waals surface area contributed by atoms with Gasteiger partial charge < -0.3 is 10.2 Å². The highest BCUT2D eigenvalue weighted by Gasteiger charge is 2.25. The molecule has 1 fully saturated rings. The maximum atomic E-state index is 6.33. The Labute approximate surface area is 122 Å². The summed E-state index contributed by atoms with van der Waals surface area (Å²) in [4.78, 5) is 2.04. The monoisotopic (exact) mass is 280 g/mol. The van der Waals surface area contributed by atoms with E-state index in [0.717, 1.165) is 28.2 Å². The van der Waals surface area contributed by atoms with Gasteiger partial charge in [0, 0.05) is 25.8 Å². The quantitative estimate of drug-likeness (QED) is 0.867. The summed E-state index contributed by atoms with van der Waals surface area (Å²) in [6.45, 7) is 4.70. The van der Waals surface area contributed by atoms with Gasteiger partial charge in [-0.05, 0) is 42.9 Å². The Bertz CT molecular complexity index is 431. The highest BCUT2D eigenvalue weighted by molar-refractivity contribution is 6.33. The Morgan fingerprint density at radius 1 is 1.21 bits per heavy atom. The molecule has 0 radical (unpaired) electrons. The van der Waals surface area contributed by atoms with Crippen molar-refractivity contribution in [2.24, 2.45) is 11.8 Å². The van der Waals surface area contributed by atoms with Gasteiger partial charge in [0.1, 0.15) is 0 Å². The molecule has 0 amide bonds. The zero-order chi connectivity index (χ0) is 14.0. The number of hydrogen-bond donors (Lipinski definition) is 1. The third kappa shape index (κ3) is 3.56. The van der Waals surface area contributed by atoms with Gasteiger partial charge in [0.2, 0.25) is 0 Å². The van der Waals surface area contributed by atoms with Crippen LogP contribution in [0.5, 0.6) is 0 Å². The molecule has 3 unspecified atom stereocenters. The number of rotatable bonds is 3. The largest absolute Gasteiger partial charge is 0.382 e. The number of nitrogens with zero attached hydrogens (tertiary/aromatic N) is 1. The summed E-state index contributed by atoms with van der Waals surface area (Å²) in [6, 6.07) is 6.84. The highest BCUT2D eigenvalue weighted by atomic mass is 35.5. The molecule has 1 N–H and O–H groups in total. The molecule has 106 valence electrons. The van der Waals surface area contributed by atoms with Crippen LogP contribution in [-0.2, 0) is 0 Å². The van der Waals surface area contributed by atoms with Crippen molar-refractivity contribution in [2.45, 2.75) is 39.2 Å². The van der Waals surface area contributed by atoms with Gasteiger partial charge in [-0.3, -0.25) is 0 Å². The second-order valence-corrected chi connectivity index (χ2v) is 6.61. The van der Waals surface area contributed by atoms with Gasteiger partial charge in [0.25, 0.3) is 0 Å². The van der Waals surface area contributed by atoms with E-state index in [-0.39, 0.29) is 0 Å². The summed E-state index contributed by atoms with van der Waals surface area (Å²) < 4.78 is 0. The minimum Gasteiger partial charge on any atom is -0.382 e. The summed E-state index contributed by atoms with van der Waals surface area (Å²) in [5.74, 6) is 1.56. The van der Waals surface area contributed by atoms with E-state index in [1.165, 1.54) is 19.3 Å². The Balaban J connectivity index is 2.08. The van der Waals surface area contributed by atoms with Gasteiger partial charge in [-0.2, -0.15) is 0 Å². The number of anilines is 2. The molecule has 2 nitrogen and oxygen atoms in total. The van der Waals surface area contributed by atoms with Gasteiger partial charge >= 0.3 is 0 Å². The molecule has 0 aliphatic heterocycles. The van der Waals surface area contributed by atoms with E-state index in [9.17, 15) is 0 Å². The van der Waals surface area contributed by atoms with Crippen molar-refractivity contribution in [2.75, 3.05) is 24.3 Å². The second kappa shape index (κ2) is 6.04. The molecule has 1 aliphatic carbocycles. The third-order valence-electron chi connectivity index (χ3n) is 4.24. The third-order valence-corrected chi connectivity index (χ3v) is 4.54. The fourth-order valence-corrected chi connectivity index (χ4v) is 3.26. The van der Waals surface area contributed by atoms with Crippen LogP contribution in [0.3, 0.4) is 0 Å². The minimum atomic E-state index is 0.574. The number of nitrogens with one attached hydrogen (secondary N) is 1. The number of halogens is 1. The van der Waals surface area contributed by atoms with Gasteiger partial charge in [0.15, 0.2) is 0 Å². The lowest BCUT2D eigenvalue weighted by atomic mass is 9.80. The first-order valence-electron chi connectivity index (χ1n) is 7.20. The van der Waals surface area contributed by atoms with Crippen LogP contribution in [0, 0.1) is 11.8 Å². The van der Waals surface area contributed by atoms with Crippen LogP contribution in [0.1, 0.15) is 33.1 Å². The predicted molar refractivity (Wildman–Crippen MR) is 85.4 cm³/mol. The fourth-order valence-electron chi connectivity index (χ4n) is 2.91. The van der Waals surface area contributed by atoms with Crippen LogP contribution < -0.4 is 10.2 Å². The van der Waals surface area contributed by atoms with Crippen molar-refractivity contribution < 1.29 is 0 Å². The molecule has 0 saturated heterocycles. The molecular weight excluding hydrogens is 256 g/mol. The van der Waals surface area contributed by atoms with Gasteiger partial charge in [-0.1, -0.05) is 31.9 Å². The van der Waals surface area contributed by atoms with Crippen LogP contribution in [0.15, 0.2) is 18.2 Å². The molecule has 19 heavy (non-hydrogen) atoms. The van der Waals surface area contributed by atoms with E-state index in [2.05, 4.69) is 31.3 Å². The summed E-state index contributed by atoms with van der Waals surface area (Å²) in [5, 5.41) is 4.48.